The van der Waals surface area contributed by atoms with Crippen LogP contribution in [-0.2, 0) is 24.4 Å². The number of carbonyl (C=O) groups excluding carboxylic acids is 1. The molecule has 0 saturated carbocycles. The van der Waals surface area contributed by atoms with Crippen molar-refractivity contribution in [3.05, 3.63) is 42.2 Å². The molecule has 0 spiro atoms. The Hall–Kier alpha value is -2.28. The van der Waals surface area contributed by atoms with Gasteiger partial charge >= 0.3 is 0 Å². The van der Waals surface area contributed by atoms with Gasteiger partial charge in [-0.1, -0.05) is 13.8 Å². The highest BCUT2D eigenvalue weighted by Crippen LogP contribution is 2.20. The summed E-state index contributed by atoms with van der Waals surface area (Å²) in [6.45, 7) is 10.6. The van der Waals surface area contributed by atoms with E-state index in [9.17, 15) is 4.79 Å². The monoisotopic (exact) mass is 384 g/mol. The minimum atomic E-state index is 0.122. The molecule has 28 heavy (non-hydrogen) atoms. The molecule has 0 aliphatic carbocycles. The Bertz CT molecular complexity index is 744. The third-order valence-electron chi connectivity index (χ3n) is 5.25. The van der Waals surface area contributed by atoms with E-state index in [-0.39, 0.29) is 11.9 Å². The van der Waals surface area contributed by atoms with Crippen LogP contribution in [0.1, 0.15) is 51.2 Å². The van der Waals surface area contributed by atoms with Gasteiger partial charge in [-0.25, -0.2) is 9.97 Å². The third-order valence-corrected chi connectivity index (χ3v) is 5.25. The van der Waals surface area contributed by atoms with Crippen molar-refractivity contribution < 1.29 is 4.79 Å². The van der Waals surface area contributed by atoms with Gasteiger partial charge in [-0.05, 0) is 31.7 Å². The Balaban J connectivity index is 1.57. The smallest absolute Gasteiger partial charge is 0.219 e. The maximum Gasteiger partial charge on any atom is 0.219 e. The van der Waals surface area contributed by atoms with Gasteiger partial charge in [-0.2, -0.15) is 5.10 Å². The fourth-order valence-electron chi connectivity index (χ4n) is 3.93. The first-order valence-corrected chi connectivity index (χ1v) is 10.3. The molecule has 7 heteroatoms. The van der Waals surface area contributed by atoms with Crippen molar-refractivity contribution >= 4 is 5.91 Å². The second-order valence-corrected chi connectivity index (χ2v) is 8.22. The minimum absolute atomic E-state index is 0.122. The first-order valence-electron chi connectivity index (χ1n) is 10.3. The zero-order valence-electron chi connectivity index (χ0n) is 17.3. The van der Waals surface area contributed by atoms with Gasteiger partial charge in [0.25, 0.3) is 0 Å². The van der Waals surface area contributed by atoms with Gasteiger partial charge in [-0.3, -0.25) is 14.4 Å². The van der Waals surface area contributed by atoms with Crippen LogP contribution in [0.5, 0.6) is 0 Å². The van der Waals surface area contributed by atoms with E-state index in [1.807, 2.05) is 15.8 Å². The highest BCUT2D eigenvalue weighted by molar-refractivity contribution is 5.73. The molecule has 1 aliphatic heterocycles. The average molecular weight is 385 g/mol. The molecule has 0 aromatic carbocycles. The van der Waals surface area contributed by atoms with Crippen LogP contribution in [0.25, 0.3) is 0 Å². The van der Waals surface area contributed by atoms with Gasteiger partial charge in [0.05, 0.1) is 6.20 Å². The van der Waals surface area contributed by atoms with E-state index in [0.717, 1.165) is 51.0 Å². The molecule has 0 bridgehead atoms. The molecule has 2 aromatic heterocycles. The standard InChI is InChI=1S/C21H32N6O/c1-17(2)12-26-14-20(11-24-26)13-25-7-4-5-21(6-8-25)27(18(3)28)15-19-9-22-16-23-10-19/h9-11,14,16-17,21H,4-8,12-13,15H2,1-3H3. The zero-order valence-corrected chi connectivity index (χ0v) is 17.3. The molecule has 1 aliphatic rings. The van der Waals surface area contributed by atoms with Crippen LogP contribution < -0.4 is 0 Å². The normalized spacial score (nSPS) is 18.2. The summed E-state index contributed by atoms with van der Waals surface area (Å²) in [7, 11) is 0. The topological polar surface area (TPSA) is 67.2 Å². The van der Waals surface area contributed by atoms with Gasteiger partial charge < -0.3 is 4.90 Å². The van der Waals surface area contributed by atoms with Gasteiger partial charge in [0.1, 0.15) is 6.33 Å². The second-order valence-electron chi connectivity index (χ2n) is 8.22. The summed E-state index contributed by atoms with van der Waals surface area (Å²) in [6.07, 6.45) is 12.4. The molecule has 7 nitrogen and oxygen atoms in total. The number of likely N-dealkylation sites (tertiary alicyclic amines) is 1. The average Bonchev–Trinajstić information content (AvgIpc) is 2.95. The highest BCUT2D eigenvalue weighted by atomic mass is 16.2. The summed E-state index contributed by atoms with van der Waals surface area (Å²) in [4.78, 5) is 24.9. The first kappa shape index (κ1) is 20.5. The van der Waals surface area contributed by atoms with Crippen LogP contribution >= 0.6 is 0 Å². The quantitative estimate of drug-likeness (QED) is 0.734. The lowest BCUT2D eigenvalue weighted by atomic mass is 10.1. The summed E-state index contributed by atoms with van der Waals surface area (Å²) in [6, 6.07) is 0.270. The predicted molar refractivity (Wildman–Crippen MR) is 108 cm³/mol. The van der Waals surface area contributed by atoms with E-state index in [0.29, 0.717) is 12.5 Å². The van der Waals surface area contributed by atoms with Crippen molar-refractivity contribution in [1.82, 2.24) is 29.5 Å². The Kier molecular flexibility index (Phi) is 7.14. The Labute approximate surface area is 167 Å². The molecule has 1 unspecified atom stereocenters. The predicted octanol–water partition coefficient (Wildman–Crippen LogP) is 2.73. The summed E-state index contributed by atoms with van der Waals surface area (Å²) in [5.41, 5.74) is 2.25. The molecule has 1 saturated heterocycles. The maximum atomic E-state index is 12.3. The number of hydrogen-bond donors (Lipinski definition) is 0. The maximum absolute atomic E-state index is 12.3. The summed E-state index contributed by atoms with van der Waals surface area (Å²) in [5, 5.41) is 4.48. The van der Waals surface area contributed by atoms with Crippen molar-refractivity contribution in [3.8, 4) is 0 Å². The molecule has 0 radical (unpaired) electrons. The van der Waals surface area contributed by atoms with E-state index in [1.54, 1.807) is 19.3 Å². The molecule has 1 atom stereocenters. The van der Waals surface area contributed by atoms with Crippen LogP contribution in [0.15, 0.2) is 31.1 Å². The second kappa shape index (κ2) is 9.78. The van der Waals surface area contributed by atoms with E-state index in [2.05, 4.69) is 40.0 Å². The summed E-state index contributed by atoms with van der Waals surface area (Å²) >= 11 is 0. The van der Waals surface area contributed by atoms with Crippen molar-refractivity contribution in [2.75, 3.05) is 13.1 Å². The lowest BCUT2D eigenvalue weighted by molar-refractivity contribution is -0.132. The summed E-state index contributed by atoms with van der Waals surface area (Å²) < 4.78 is 2.04. The fourth-order valence-corrected chi connectivity index (χ4v) is 3.93. The van der Waals surface area contributed by atoms with Crippen molar-refractivity contribution in [2.24, 2.45) is 5.92 Å². The highest BCUT2D eigenvalue weighted by Gasteiger charge is 2.25. The van der Waals surface area contributed by atoms with Gasteiger partial charge in [0.2, 0.25) is 5.91 Å². The van der Waals surface area contributed by atoms with E-state index < -0.39 is 0 Å². The van der Waals surface area contributed by atoms with Crippen LogP contribution in [0, 0.1) is 5.92 Å². The first-order chi connectivity index (χ1) is 13.5. The lowest BCUT2D eigenvalue weighted by Crippen LogP contribution is -2.39. The van der Waals surface area contributed by atoms with Crippen molar-refractivity contribution in [1.29, 1.82) is 0 Å². The zero-order chi connectivity index (χ0) is 19.9. The minimum Gasteiger partial charge on any atom is -0.335 e. The molecular weight excluding hydrogens is 352 g/mol. The molecule has 1 amide bonds. The van der Waals surface area contributed by atoms with Crippen LogP contribution in [0.4, 0.5) is 0 Å². The number of nitrogens with zero attached hydrogens (tertiary/aromatic N) is 6. The third kappa shape index (κ3) is 5.86. The van der Waals surface area contributed by atoms with E-state index >= 15 is 0 Å². The summed E-state index contributed by atoms with van der Waals surface area (Å²) in [5.74, 6) is 0.719. The van der Waals surface area contributed by atoms with Crippen LogP contribution in [-0.4, -0.2) is 54.6 Å². The Morgan fingerprint density at radius 2 is 1.96 bits per heavy atom. The van der Waals surface area contributed by atoms with Gasteiger partial charge in [0, 0.05) is 68.9 Å². The fraction of sp³-hybridized carbons (Fsp3) is 0.619. The number of hydrogen-bond acceptors (Lipinski definition) is 5. The van der Waals surface area contributed by atoms with Crippen LogP contribution in [0.2, 0.25) is 0 Å². The molecule has 0 N–H and O–H groups in total. The molecule has 2 aromatic rings. The van der Waals surface area contributed by atoms with Crippen molar-refractivity contribution in [2.45, 2.75) is 65.7 Å². The molecule has 152 valence electrons. The van der Waals surface area contributed by atoms with Crippen LogP contribution in [0.3, 0.4) is 0 Å². The molecule has 1 fully saturated rings. The van der Waals surface area contributed by atoms with E-state index in [4.69, 9.17) is 0 Å². The van der Waals surface area contributed by atoms with Gasteiger partial charge in [0.15, 0.2) is 0 Å². The van der Waals surface area contributed by atoms with Crippen molar-refractivity contribution in [3.63, 3.8) is 0 Å². The number of amides is 1. The van der Waals surface area contributed by atoms with Gasteiger partial charge in [-0.15, -0.1) is 0 Å². The number of rotatable bonds is 7. The Morgan fingerprint density at radius 1 is 1.18 bits per heavy atom. The number of carbonyl (C=O) groups is 1. The Morgan fingerprint density at radius 3 is 2.68 bits per heavy atom. The molecular formula is C21H32N6O. The lowest BCUT2D eigenvalue weighted by Gasteiger charge is -2.30. The SMILES string of the molecule is CC(=O)N(Cc1cncnc1)C1CCCN(Cc2cnn(CC(C)C)c2)CC1. The largest absolute Gasteiger partial charge is 0.335 e. The molecule has 3 rings (SSSR count). The van der Waals surface area contributed by atoms with E-state index in [1.165, 1.54) is 11.9 Å². The number of aromatic nitrogens is 4. The molecule has 3 heterocycles.